The molecule has 0 atom stereocenters. The number of benzene rings is 2. The number of esters is 1. The Hall–Kier alpha value is -2.82. The lowest BCUT2D eigenvalue weighted by Gasteiger charge is -2.34. The molecule has 0 saturated carbocycles. The first kappa shape index (κ1) is 23.8. The van der Waals surface area contributed by atoms with Crippen molar-refractivity contribution in [3.05, 3.63) is 53.1 Å². The molecule has 0 bridgehead atoms. The van der Waals surface area contributed by atoms with Crippen LogP contribution in [0.3, 0.4) is 0 Å². The maximum absolute atomic E-state index is 12.8. The van der Waals surface area contributed by atoms with E-state index in [0.717, 1.165) is 0 Å². The number of rotatable bonds is 7. The number of amides is 1. The molecular weight excluding hydrogens is 460 g/mol. The molecule has 11 heteroatoms. The number of piperazine rings is 1. The largest absolute Gasteiger partial charge is 0.493 e. The van der Waals surface area contributed by atoms with Gasteiger partial charge in [0.1, 0.15) is 0 Å². The Balaban J connectivity index is 1.57. The fourth-order valence-electron chi connectivity index (χ4n) is 3.20. The highest BCUT2D eigenvalue weighted by Crippen LogP contribution is 2.28. The molecule has 2 aromatic carbocycles. The third-order valence-corrected chi connectivity index (χ3v) is 7.14. The number of methoxy groups -OCH3 is 2. The summed E-state index contributed by atoms with van der Waals surface area (Å²) in [6, 6.07) is 10.5. The van der Waals surface area contributed by atoms with Crippen molar-refractivity contribution >= 4 is 33.5 Å². The first-order chi connectivity index (χ1) is 15.3. The van der Waals surface area contributed by atoms with Gasteiger partial charge in [0.05, 0.1) is 24.7 Å². The lowest BCUT2D eigenvalue weighted by atomic mass is 10.2. The van der Waals surface area contributed by atoms with E-state index in [0.29, 0.717) is 22.1 Å². The normalized spacial score (nSPS) is 14.7. The molecule has 1 heterocycles. The van der Waals surface area contributed by atoms with Crippen molar-refractivity contribution < 1.29 is 32.2 Å². The highest BCUT2D eigenvalue weighted by Gasteiger charge is 2.30. The van der Waals surface area contributed by atoms with Crippen molar-refractivity contribution in [2.75, 3.05) is 47.0 Å². The predicted octanol–water partition coefficient (Wildman–Crippen LogP) is 2.05. The van der Waals surface area contributed by atoms with Crippen LogP contribution in [0.1, 0.15) is 10.4 Å². The van der Waals surface area contributed by atoms with E-state index in [1.54, 1.807) is 4.90 Å². The van der Waals surface area contributed by atoms with Crippen molar-refractivity contribution in [1.82, 2.24) is 9.21 Å². The summed E-state index contributed by atoms with van der Waals surface area (Å²) in [5.41, 5.74) is 0.293. The van der Waals surface area contributed by atoms with Gasteiger partial charge in [-0.05, 0) is 42.5 Å². The van der Waals surface area contributed by atoms with Gasteiger partial charge in [0.2, 0.25) is 10.0 Å². The summed E-state index contributed by atoms with van der Waals surface area (Å²) in [6.45, 7) is 0.584. The minimum atomic E-state index is -3.65. The fourth-order valence-corrected chi connectivity index (χ4v) is 4.74. The van der Waals surface area contributed by atoms with Gasteiger partial charge in [0, 0.05) is 31.2 Å². The smallest absolute Gasteiger partial charge is 0.337 e. The third-order valence-electron chi connectivity index (χ3n) is 4.98. The number of hydrogen-bond acceptors (Lipinski definition) is 7. The van der Waals surface area contributed by atoms with Gasteiger partial charge in [0.15, 0.2) is 18.1 Å². The van der Waals surface area contributed by atoms with E-state index in [1.807, 2.05) is 0 Å². The van der Waals surface area contributed by atoms with Crippen LogP contribution in [0.2, 0.25) is 5.02 Å². The van der Waals surface area contributed by atoms with Gasteiger partial charge < -0.3 is 19.1 Å². The molecule has 0 aliphatic carbocycles. The quantitative estimate of drug-likeness (QED) is 0.556. The van der Waals surface area contributed by atoms with E-state index in [-0.39, 0.29) is 43.6 Å². The minimum Gasteiger partial charge on any atom is -0.493 e. The standard InChI is InChI=1S/C21H23ClN2O7S/c1-29-19-13-15(21(26)30-2)3-8-18(19)31-14-20(25)23-9-11-24(12-10-23)32(27,28)17-6-4-16(22)5-7-17/h3-8,13H,9-12,14H2,1-2H3. The highest BCUT2D eigenvalue weighted by molar-refractivity contribution is 7.89. The number of carbonyl (C=O) groups excluding carboxylic acids is 2. The summed E-state index contributed by atoms with van der Waals surface area (Å²) >= 11 is 5.83. The van der Waals surface area contributed by atoms with E-state index in [1.165, 1.54) is 61.0 Å². The summed E-state index contributed by atoms with van der Waals surface area (Å²) in [5, 5.41) is 0.455. The number of halogens is 1. The third kappa shape index (κ3) is 5.32. The fraction of sp³-hybridized carbons (Fsp3) is 0.333. The number of carbonyl (C=O) groups is 2. The van der Waals surface area contributed by atoms with Gasteiger partial charge in [0.25, 0.3) is 5.91 Å². The maximum Gasteiger partial charge on any atom is 0.337 e. The molecule has 2 aromatic rings. The first-order valence-electron chi connectivity index (χ1n) is 9.69. The van der Waals surface area contributed by atoms with E-state index in [2.05, 4.69) is 4.74 Å². The average Bonchev–Trinajstić information content (AvgIpc) is 2.82. The molecule has 0 unspecified atom stereocenters. The molecule has 1 aliphatic heterocycles. The lowest BCUT2D eigenvalue weighted by molar-refractivity contribution is -0.134. The molecule has 0 aromatic heterocycles. The molecule has 1 saturated heterocycles. The molecule has 1 amide bonds. The Labute approximate surface area is 191 Å². The number of nitrogens with zero attached hydrogens (tertiary/aromatic N) is 2. The van der Waals surface area contributed by atoms with E-state index >= 15 is 0 Å². The van der Waals surface area contributed by atoms with E-state index < -0.39 is 16.0 Å². The van der Waals surface area contributed by atoms with Gasteiger partial charge in [-0.1, -0.05) is 11.6 Å². The first-order valence-corrected chi connectivity index (χ1v) is 11.5. The topological polar surface area (TPSA) is 102 Å². The van der Waals surface area contributed by atoms with Crippen LogP contribution < -0.4 is 9.47 Å². The highest BCUT2D eigenvalue weighted by atomic mass is 35.5. The second-order valence-electron chi connectivity index (χ2n) is 6.88. The molecule has 1 aliphatic rings. The number of ether oxygens (including phenoxy) is 3. The molecular formula is C21H23ClN2O7S. The maximum atomic E-state index is 12.8. The average molecular weight is 483 g/mol. The zero-order valence-electron chi connectivity index (χ0n) is 17.6. The summed E-state index contributed by atoms with van der Waals surface area (Å²) in [5.74, 6) is -0.206. The zero-order valence-corrected chi connectivity index (χ0v) is 19.2. The Morgan fingerprint density at radius 2 is 1.62 bits per heavy atom. The monoisotopic (exact) mass is 482 g/mol. The van der Waals surface area contributed by atoms with E-state index in [4.69, 9.17) is 21.1 Å². The molecule has 0 N–H and O–H groups in total. The van der Waals surface area contributed by atoms with Gasteiger partial charge in [-0.15, -0.1) is 0 Å². The second-order valence-corrected chi connectivity index (χ2v) is 9.26. The predicted molar refractivity (Wildman–Crippen MR) is 117 cm³/mol. The Bertz CT molecular complexity index is 1080. The van der Waals surface area contributed by atoms with Crippen molar-refractivity contribution in [2.24, 2.45) is 0 Å². The van der Waals surface area contributed by atoms with Crippen molar-refractivity contribution in [3.63, 3.8) is 0 Å². The van der Waals surface area contributed by atoms with Gasteiger partial charge >= 0.3 is 5.97 Å². The van der Waals surface area contributed by atoms with Crippen LogP contribution >= 0.6 is 11.6 Å². The summed E-state index contributed by atoms with van der Waals surface area (Å²) < 4.78 is 42.3. The summed E-state index contributed by atoms with van der Waals surface area (Å²) in [6.07, 6.45) is 0. The molecule has 1 fully saturated rings. The molecule has 0 spiro atoms. The van der Waals surface area contributed by atoms with Crippen LogP contribution in [0.5, 0.6) is 11.5 Å². The Morgan fingerprint density at radius 1 is 0.969 bits per heavy atom. The number of hydrogen-bond donors (Lipinski definition) is 0. The van der Waals surface area contributed by atoms with Crippen molar-refractivity contribution in [3.8, 4) is 11.5 Å². The minimum absolute atomic E-state index is 0.160. The lowest BCUT2D eigenvalue weighted by Crippen LogP contribution is -2.51. The SMILES string of the molecule is COC(=O)c1ccc(OCC(=O)N2CCN(S(=O)(=O)c3ccc(Cl)cc3)CC2)c(OC)c1. The molecule has 9 nitrogen and oxygen atoms in total. The summed E-state index contributed by atoms with van der Waals surface area (Å²) in [7, 11) is -0.956. The van der Waals surface area contributed by atoms with Gasteiger partial charge in [-0.3, -0.25) is 4.79 Å². The molecule has 172 valence electrons. The van der Waals surface area contributed by atoms with Crippen LogP contribution in [0.4, 0.5) is 0 Å². The van der Waals surface area contributed by atoms with Crippen LogP contribution in [-0.4, -0.2) is 76.5 Å². The second kappa shape index (κ2) is 10.2. The number of sulfonamides is 1. The Kier molecular flexibility index (Phi) is 7.60. The van der Waals surface area contributed by atoms with Crippen molar-refractivity contribution in [2.45, 2.75) is 4.90 Å². The van der Waals surface area contributed by atoms with Crippen LogP contribution in [0.25, 0.3) is 0 Å². The summed E-state index contributed by atoms with van der Waals surface area (Å²) in [4.78, 5) is 25.9. The van der Waals surface area contributed by atoms with E-state index in [9.17, 15) is 18.0 Å². The zero-order chi connectivity index (χ0) is 23.3. The van der Waals surface area contributed by atoms with Crippen LogP contribution in [0.15, 0.2) is 47.4 Å². The molecule has 0 radical (unpaired) electrons. The van der Waals surface area contributed by atoms with Crippen molar-refractivity contribution in [1.29, 1.82) is 0 Å². The molecule has 3 rings (SSSR count). The van der Waals surface area contributed by atoms with Gasteiger partial charge in [-0.2, -0.15) is 4.31 Å². The van der Waals surface area contributed by atoms with Crippen LogP contribution in [0, 0.1) is 0 Å². The van der Waals surface area contributed by atoms with Crippen LogP contribution in [-0.2, 0) is 19.6 Å². The van der Waals surface area contributed by atoms with Gasteiger partial charge in [-0.25, -0.2) is 13.2 Å². The molecule has 32 heavy (non-hydrogen) atoms. The Morgan fingerprint density at radius 3 is 2.22 bits per heavy atom.